The number of benzene rings is 1. The lowest BCUT2D eigenvalue weighted by Gasteiger charge is -2.13. The van der Waals surface area contributed by atoms with Crippen molar-refractivity contribution < 1.29 is 19.0 Å². The number of aliphatic hydroxyl groups is 1. The van der Waals surface area contributed by atoms with Crippen LogP contribution in [-0.2, 0) is 11.3 Å². The van der Waals surface area contributed by atoms with Crippen molar-refractivity contribution in [3.05, 3.63) is 59.5 Å². The van der Waals surface area contributed by atoms with Gasteiger partial charge < -0.3 is 15.2 Å². The predicted molar refractivity (Wildman–Crippen MR) is 87.8 cm³/mol. The van der Waals surface area contributed by atoms with Crippen LogP contribution in [-0.4, -0.2) is 22.6 Å². The van der Waals surface area contributed by atoms with Crippen molar-refractivity contribution in [3.8, 4) is 5.88 Å². The van der Waals surface area contributed by atoms with E-state index >= 15 is 0 Å². The Morgan fingerprint density at radius 3 is 2.96 bits per heavy atom. The van der Waals surface area contributed by atoms with Crippen molar-refractivity contribution in [2.75, 3.05) is 6.61 Å². The molecule has 24 heavy (non-hydrogen) atoms. The van der Waals surface area contributed by atoms with Gasteiger partial charge in [-0.3, -0.25) is 4.79 Å². The number of rotatable bonds is 8. The van der Waals surface area contributed by atoms with Crippen LogP contribution in [0.25, 0.3) is 0 Å². The standard InChI is InChI=1S/C18H21FN2O3/c1-2-9-24-18-14(6-4-8-20-18)12-21-17(23)11-16(22)13-5-3-7-15(19)10-13/h3-8,10,16,22H,2,9,11-12H2,1H3,(H,21,23). The minimum absolute atomic E-state index is 0.144. The summed E-state index contributed by atoms with van der Waals surface area (Å²) in [5.41, 5.74) is 1.14. The Labute approximate surface area is 140 Å². The van der Waals surface area contributed by atoms with Crippen LogP contribution in [0.15, 0.2) is 42.6 Å². The molecule has 2 N–H and O–H groups in total. The number of carbonyl (C=O) groups is 1. The molecule has 0 aliphatic carbocycles. The lowest BCUT2D eigenvalue weighted by atomic mass is 10.1. The minimum atomic E-state index is -1.05. The molecule has 0 saturated carbocycles. The van der Waals surface area contributed by atoms with E-state index in [0.29, 0.717) is 18.1 Å². The largest absolute Gasteiger partial charge is 0.477 e. The molecule has 0 spiro atoms. The van der Waals surface area contributed by atoms with E-state index in [2.05, 4.69) is 10.3 Å². The minimum Gasteiger partial charge on any atom is -0.477 e. The van der Waals surface area contributed by atoms with Gasteiger partial charge in [0.15, 0.2) is 0 Å². The second-order valence-electron chi connectivity index (χ2n) is 5.37. The fourth-order valence-electron chi connectivity index (χ4n) is 2.16. The van der Waals surface area contributed by atoms with Gasteiger partial charge in [-0.05, 0) is 30.2 Å². The predicted octanol–water partition coefficient (Wildman–Crippen LogP) is 2.75. The van der Waals surface area contributed by atoms with Gasteiger partial charge >= 0.3 is 0 Å². The molecule has 2 rings (SSSR count). The third-order valence-electron chi connectivity index (χ3n) is 3.38. The number of nitrogens with zero attached hydrogens (tertiary/aromatic N) is 1. The molecular weight excluding hydrogens is 311 g/mol. The highest BCUT2D eigenvalue weighted by atomic mass is 19.1. The van der Waals surface area contributed by atoms with Crippen molar-refractivity contribution in [1.82, 2.24) is 10.3 Å². The molecule has 1 aromatic carbocycles. The first-order chi connectivity index (χ1) is 11.6. The van der Waals surface area contributed by atoms with E-state index in [1.807, 2.05) is 13.0 Å². The van der Waals surface area contributed by atoms with Crippen LogP contribution >= 0.6 is 0 Å². The Balaban J connectivity index is 1.89. The highest BCUT2D eigenvalue weighted by Crippen LogP contribution is 2.18. The number of pyridine rings is 1. The van der Waals surface area contributed by atoms with Crippen LogP contribution < -0.4 is 10.1 Å². The summed E-state index contributed by atoms with van der Waals surface area (Å²) in [5.74, 6) is -0.289. The molecule has 0 aliphatic rings. The summed E-state index contributed by atoms with van der Waals surface area (Å²) in [4.78, 5) is 16.1. The number of amides is 1. The monoisotopic (exact) mass is 332 g/mol. The third-order valence-corrected chi connectivity index (χ3v) is 3.38. The Morgan fingerprint density at radius 1 is 1.38 bits per heavy atom. The Morgan fingerprint density at radius 2 is 2.21 bits per heavy atom. The van der Waals surface area contributed by atoms with Gasteiger partial charge in [0.25, 0.3) is 0 Å². The molecular formula is C18H21FN2O3. The van der Waals surface area contributed by atoms with Crippen LogP contribution in [0.1, 0.15) is 37.0 Å². The zero-order valence-electron chi connectivity index (χ0n) is 13.5. The maximum Gasteiger partial charge on any atom is 0.223 e. The van der Waals surface area contributed by atoms with Crippen LogP contribution in [0, 0.1) is 5.82 Å². The van der Waals surface area contributed by atoms with Crippen molar-refractivity contribution in [3.63, 3.8) is 0 Å². The molecule has 0 radical (unpaired) electrons. The van der Waals surface area contributed by atoms with Gasteiger partial charge in [0.1, 0.15) is 5.82 Å². The normalized spacial score (nSPS) is 11.8. The van der Waals surface area contributed by atoms with Crippen molar-refractivity contribution in [1.29, 1.82) is 0 Å². The Bertz CT molecular complexity index is 679. The van der Waals surface area contributed by atoms with E-state index in [9.17, 15) is 14.3 Å². The lowest BCUT2D eigenvalue weighted by Crippen LogP contribution is -2.25. The van der Waals surface area contributed by atoms with E-state index in [-0.39, 0.29) is 18.9 Å². The number of carbonyl (C=O) groups excluding carboxylic acids is 1. The number of ether oxygens (including phenoxy) is 1. The first-order valence-corrected chi connectivity index (χ1v) is 7.87. The van der Waals surface area contributed by atoms with Gasteiger partial charge in [-0.1, -0.05) is 25.1 Å². The van der Waals surface area contributed by atoms with Gasteiger partial charge in [0, 0.05) is 18.3 Å². The molecule has 1 amide bonds. The quantitative estimate of drug-likeness (QED) is 0.780. The van der Waals surface area contributed by atoms with E-state index in [1.54, 1.807) is 18.3 Å². The highest BCUT2D eigenvalue weighted by Gasteiger charge is 2.14. The number of aromatic nitrogens is 1. The summed E-state index contributed by atoms with van der Waals surface area (Å²) in [7, 11) is 0. The topological polar surface area (TPSA) is 71.5 Å². The van der Waals surface area contributed by atoms with E-state index in [1.165, 1.54) is 18.2 Å². The molecule has 1 unspecified atom stereocenters. The van der Waals surface area contributed by atoms with E-state index in [4.69, 9.17) is 4.74 Å². The van der Waals surface area contributed by atoms with Gasteiger partial charge in [0.05, 0.1) is 19.1 Å². The van der Waals surface area contributed by atoms with Crippen LogP contribution in [0.3, 0.4) is 0 Å². The number of halogens is 1. The van der Waals surface area contributed by atoms with Gasteiger partial charge in [-0.2, -0.15) is 0 Å². The SMILES string of the molecule is CCCOc1ncccc1CNC(=O)CC(O)c1cccc(F)c1. The van der Waals surface area contributed by atoms with Crippen molar-refractivity contribution in [2.24, 2.45) is 0 Å². The first kappa shape index (κ1) is 17.9. The smallest absolute Gasteiger partial charge is 0.223 e. The molecule has 0 aliphatic heterocycles. The van der Waals surface area contributed by atoms with Gasteiger partial charge in [-0.25, -0.2) is 9.37 Å². The second kappa shape index (κ2) is 8.98. The number of hydrogen-bond donors (Lipinski definition) is 2. The maximum absolute atomic E-state index is 13.1. The third kappa shape index (κ3) is 5.31. The lowest BCUT2D eigenvalue weighted by molar-refractivity contribution is -0.123. The molecule has 1 aromatic heterocycles. The maximum atomic E-state index is 13.1. The van der Waals surface area contributed by atoms with Crippen molar-refractivity contribution >= 4 is 5.91 Å². The van der Waals surface area contributed by atoms with Crippen molar-refractivity contribution in [2.45, 2.75) is 32.4 Å². The second-order valence-corrected chi connectivity index (χ2v) is 5.37. The molecule has 6 heteroatoms. The average molecular weight is 332 g/mol. The summed E-state index contributed by atoms with van der Waals surface area (Å²) >= 11 is 0. The van der Waals surface area contributed by atoms with Crippen LogP contribution in [0.4, 0.5) is 4.39 Å². The molecule has 5 nitrogen and oxygen atoms in total. The highest BCUT2D eigenvalue weighted by molar-refractivity contribution is 5.76. The summed E-state index contributed by atoms with van der Waals surface area (Å²) in [5, 5.41) is 12.7. The number of hydrogen-bond acceptors (Lipinski definition) is 4. The molecule has 0 fully saturated rings. The molecule has 128 valence electrons. The zero-order valence-corrected chi connectivity index (χ0v) is 13.5. The van der Waals surface area contributed by atoms with Crippen LogP contribution in [0.2, 0.25) is 0 Å². The fourth-order valence-corrected chi connectivity index (χ4v) is 2.16. The summed E-state index contributed by atoms with van der Waals surface area (Å²) in [6.45, 7) is 2.80. The fraction of sp³-hybridized carbons (Fsp3) is 0.333. The Hall–Kier alpha value is -2.47. The summed E-state index contributed by atoms with van der Waals surface area (Å²) in [6, 6.07) is 9.17. The number of nitrogens with one attached hydrogen (secondary N) is 1. The molecule has 0 bridgehead atoms. The van der Waals surface area contributed by atoms with Crippen LogP contribution in [0.5, 0.6) is 5.88 Å². The Kier molecular flexibility index (Phi) is 6.69. The van der Waals surface area contributed by atoms with Gasteiger partial charge in [-0.15, -0.1) is 0 Å². The molecule has 0 saturated heterocycles. The summed E-state index contributed by atoms with van der Waals surface area (Å²) in [6.07, 6.45) is 1.30. The molecule has 1 heterocycles. The van der Waals surface area contributed by atoms with E-state index in [0.717, 1.165) is 12.0 Å². The zero-order chi connectivity index (χ0) is 17.4. The molecule has 2 aromatic rings. The van der Waals surface area contributed by atoms with E-state index < -0.39 is 11.9 Å². The molecule has 1 atom stereocenters. The average Bonchev–Trinajstić information content (AvgIpc) is 2.58. The first-order valence-electron chi connectivity index (χ1n) is 7.87. The number of aliphatic hydroxyl groups excluding tert-OH is 1. The summed E-state index contributed by atoms with van der Waals surface area (Å²) < 4.78 is 18.7. The van der Waals surface area contributed by atoms with Gasteiger partial charge in [0.2, 0.25) is 11.8 Å².